The number of benzene rings is 1. The molecule has 0 radical (unpaired) electrons. The van der Waals surface area contributed by atoms with E-state index in [1.165, 1.54) is 18.3 Å². The van der Waals surface area contributed by atoms with E-state index in [0.29, 0.717) is 10.7 Å². The van der Waals surface area contributed by atoms with E-state index < -0.39 is 24.2 Å². The van der Waals surface area contributed by atoms with Gasteiger partial charge in [0.25, 0.3) is 11.7 Å². The summed E-state index contributed by atoms with van der Waals surface area (Å²) in [5.74, 6) is -4.24. The molecule has 0 aliphatic heterocycles. The van der Waals surface area contributed by atoms with E-state index in [4.69, 9.17) is 16.3 Å². The smallest absolute Gasteiger partial charge is 0.341 e. The van der Waals surface area contributed by atoms with Gasteiger partial charge in [0.2, 0.25) is 0 Å². The van der Waals surface area contributed by atoms with Crippen molar-refractivity contribution < 1.29 is 23.1 Å². The third-order valence-corrected chi connectivity index (χ3v) is 4.25. The summed E-state index contributed by atoms with van der Waals surface area (Å²) < 4.78 is 29.9. The van der Waals surface area contributed by atoms with Crippen LogP contribution >= 0.6 is 23.4 Å². The van der Waals surface area contributed by atoms with Crippen LogP contribution in [0.15, 0.2) is 35.5 Å². The lowest BCUT2D eigenvalue weighted by atomic mass is 10.1. The lowest BCUT2D eigenvalue weighted by Crippen LogP contribution is -2.22. The van der Waals surface area contributed by atoms with Crippen molar-refractivity contribution >= 4 is 40.9 Å². The van der Waals surface area contributed by atoms with Crippen LogP contribution in [0, 0.1) is 13.8 Å². The van der Waals surface area contributed by atoms with Crippen molar-refractivity contribution in [3.63, 3.8) is 0 Å². The molecule has 0 fully saturated rings. The van der Waals surface area contributed by atoms with Crippen molar-refractivity contribution in [3.05, 3.63) is 52.2 Å². The second kappa shape index (κ2) is 8.95. The Labute approximate surface area is 158 Å². The SMILES string of the molecule is Cc1cc(C)c(NC(=O)COC(=O)c2cccnc2SC(F)F)c(Cl)c1. The highest BCUT2D eigenvalue weighted by molar-refractivity contribution is 7.99. The van der Waals surface area contributed by atoms with Gasteiger partial charge < -0.3 is 10.1 Å². The van der Waals surface area contributed by atoms with Crippen LogP contribution in [-0.2, 0) is 9.53 Å². The number of rotatable bonds is 6. The van der Waals surface area contributed by atoms with Crippen LogP contribution in [0.1, 0.15) is 21.5 Å². The third-order valence-electron chi connectivity index (χ3n) is 3.22. The highest BCUT2D eigenvalue weighted by atomic mass is 35.5. The second-order valence-electron chi connectivity index (χ2n) is 5.30. The summed E-state index contributed by atoms with van der Waals surface area (Å²) in [4.78, 5) is 27.8. The summed E-state index contributed by atoms with van der Waals surface area (Å²) in [5, 5.41) is 2.77. The minimum Gasteiger partial charge on any atom is -0.452 e. The molecule has 2 aromatic rings. The molecule has 1 aromatic heterocycles. The lowest BCUT2D eigenvalue weighted by Gasteiger charge is -2.12. The molecule has 138 valence electrons. The zero-order valence-corrected chi connectivity index (χ0v) is 15.5. The maximum atomic E-state index is 12.5. The fourth-order valence-corrected chi connectivity index (χ4v) is 3.12. The minimum absolute atomic E-state index is 0.129. The van der Waals surface area contributed by atoms with Crippen LogP contribution in [0.2, 0.25) is 5.02 Å². The molecule has 5 nitrogen and oxygen atoms in total. The normalized spacial score (nSPS) is 10.7. The number of nitrogens with one attached hydrogen (secondary N) is 1. The van der Waals surface area contributed by atoms with Crippen LogP contribution in [0.3, 0.4) is 0 Å². The standard InChI is InChI=1S/C17H15ClF2N2O3S/c1-9-6-10(2)14(12(18)7-9)22-13(23)8-25-16(24)11-4-3-5-21-15(11)26-17(19)20/h3-7,17H,8H2,1-2H3,(H,22,23). The molecule has 1 heterocycles. The number of halogens is 3. The summed E-state index contributed by atoms with van der Waals surface area (Å²) in [5.41, 5.74) is 2.00. The molecule has 1 amide bonds. The number of carbonyl (C=O) groups is 2. The van der Waals surface area contributed by atoms with Gasteiger partial charge in [0, 0.05) is 6.20 Å². The number of anilines is 1. The predicted molar refractivity (Wildman–Crippen MR) is 95.9 cm³/mol. The first-order valence-corrected chi connectivity index (χ1v) is 8.67. The zero-order valence-electron chi connectivity index (χ0n) is 13.9. The van der Waals surface area contributed by atoms with E-state index >= 15 is 0 Å². The van der Waals surface area contributed by atoms with Crippen molar-refractivity contribution in [1.29, 1.82) is 0 Å². The first-order valence-electron chi connectivity index (χ1n) is 7.41. The molecule has 0 saturated carbocycles. The van der Waals surface area contributed by atoms with Crippen LogP contribution in [0.4, 0.5) is 14.5 Å². The molecule has 1 aromatic carbocycles. The molecule has 26 heavy (non-hydrogen) atoms. The highest BCUT2D eigenvalue weighted by Gasteiger charge is 2.19. The number of aromatic nitrogens is 1. The first-order chi connectivity index (χ1) is 12.3. The number of nitrogens with zero attached hydrogens (tertiary/aromatic N) is 1. The van der Waals surface area contributed by atoms with Crippen LogP contribution in [0.25, 0.3) is 0 Å². The Morgan fingerprint density at radius 2 is 2.08 bits per heavy atom. The van der Waals surface area contributed by atoms with E-state index in [2.05, 4.69) is 10.3 Å². The maximum Gasteiger partial charge on any atom is 0.341 e. The number of hydrogen-bond acceptors (Lipinski definition) is 5. The largest absolute Gasteiger partial charge is 0.452 e. The number of ether oxygens (including phenoxy) is 1. The van der Waals surface area contributed by atoms with Crippen molar-refractivity contribution in [2.75, 3.05) is 11.9 Å². The predicted octanol–water partition coefficient (Wildman–Crippen LogP) is 4.46. The molecular formula is C17H15ClF2N2O3S. The van der Waals surface area contributed by atoms with Gasteiger partial charge in [-0.25, -0.2) is 9.78 Å². The summed E-state index contributed by atoms with van der Waals surface area (Å²) >= 11 is 6.23. The summed E-state index contributed by atoms with van der Waals surface area (Å²) in [6.45, 7) is 3.06. The molecule has 2 rings (SSSR count). The van der Waals surface area contributed by atoms with Gasteiger partial charge in [-0.15, -0.1) is 0 Å². The fraction of sp³-hybridized carbons (Fsp3) is 0.235. The third kappa shape index (κ3) is 5.40. The number of pyridine rings is 1. The summed E-state index contributed by atoms with van der Waals surface area (Å²) in [7, 11) is 0. The number of thioether (sulfide) groups is 1. The van der Waals surface area contributed by atoms with Gasteiger partial charge in [-0.2, -0.15) is 8.78 Å². The Balaban J connectivity index is 2.01. The maximum absolute atomic E-state index is 12.5. The molecule has 0 saturated heterocycles. The van der Waals surface area contributed by atoms with Gasteiger partial charge in [0.15, 0.2) is 6.61 Å². The Morgan fingerprint density at radius 3 is 2.73 bits per heavy atom. The van der Waals surface area contributed by atoms with Crippen LogP contribution < -0.4 is 5.32 Å². The number of aryl methyl sites for hydroxylation is 2. The molecule has 0 unspecified atom stereocenters. The number of alkyl halides is 2. The Hall–Kier alpha value is -2.19. The first kappa shape index (κ1) is 20.1. The van der Waals surface area contributed by atoms with E-state index in [1.54, 1.807) is 13.0 Å². The Morgan fingerprint density at radius 1 is 1.35 bits per heavy atom. The van der Waals surface area contributed by atoms with Gasteiger partial charge >= 0.3 is 5.97 Å². The fourth-order valence-electron chi connectivity index (χ4n) is 2.18. The number of amides is 1. The molecule has 9 heteroatoms. The van der Waals surface area contributed by atoms with Gasteiger partial charge in [-0.1, -0.05) is 17.7 Å². The average molecular weight is 401 g/mol. The minimum atomic E-state index is -2.73. The van der Waals surface area contributed by atoms with E-state index in [1.807, 2.05) is 13.0 Å². The molecule has 0 bridgehead atoms. The van der Waals surface area contributed by atoms with Crippen molar-refractivity contribution in [1.82, 2.24) is 4.98 Å². The number of hydrogen-bond donors (Lipinski definition) is 1. The molecule has 0 aliphatic carbocycles. The van der Waals surface area contributed by atoms with E-state index in [9.17, 15) is 18.4 Å². The van der Waals surface area contributed by atoms with E-state index in [0.717, 1.165) is 11.1 Å². The van der Waals surface area contributed by atoms with Crippen molar-refractivity contribution in [2.24, 2.45) is 0 Å². The van der Waals surface area contributed by atoms with Crippen molar-refractivity contribution in [3.8, 4) is 0 Å². The van der Waals surface area contributed by atoms with E-state index in [-0.39, 0.29) is 22.4 Å². The highest BCUT2D eigenvalue weighted by Crippen LogP contribution is 2.28. The van der Waals surface area contributed by atoms with Gasteiger partial charge in [-0.3, -0.25) is 4.79 Å². The Kier molecular flexibility index (Phi) is 6.93. The molecule has 0 aliphatic rings. The summed E-state index contributed by atoms with van der Waals surface area (Å²) in [6.07, 6.45) is 1.29. The van der Waals surface area contributed by atoms with Gasteiger partial charge in [0.05, 0.1) is 16.3 Å². The van der Waals surface area contributed by atoms with Gasteiger partial charge in [0.1, 0.15) is 5.03 Å². The summed E-state index contributed by atoms with van der Waals surface area (Å²) in [6, 6.07) is 6.26. The van der Waals surface area contributed by atoms with Crippen molar-refractivity contribution in [2.45, 2.75) is 24.6 Å². The molecular weight excluding hydrogens is 386 g/mol. The monoisotopic (exact) mass is 400 g/mol. The van der Waals surface area contributed by atoms with Crippen LogP contribution in [-0.4, -0.2) is 29.2 Å². The quantitative estimate of drug-likeness (QED) is 0.572. The van der Waals surface area contributed by atoms with Gasteiger partial charge in [-0.05, 0) is 54.9 Å². The molecule has 1 N–H and O–H groups in total. The number of esters is 1. The second-order valence-corrected chi connectivity index (χ2v) is 6.68. The zero-order chi connectivity index (χ0) is 19.3. The van der Waals surface area contributed by atoms with Crippen LogP contribution in [0.5, 0.6) is 0 Å². The average Bonchev–Trinajstić information content (AvgIpc) is 2.56. The lowest BCUT2D eigenvalue weighted by molar-refractivity contribution is -0.119. The Bertz CT molecular complexity index is 810. The molecule has 0 spiro atoms. The molecule has 0 atom stereocenters. The number of carbonyl (C=O) groups excluding carboxylic acids is 2. The topological polar surface area (TPSA) is 68.3 Å².